The number of nitrogens with one attached hydrogen (secondary N) is 2. The SMILES string of the molecule is CCNCc1cc(S(=O)(=O)Nc2ccnc(C)c2)cs1. The maximum absolute atomic E-state index is 12.3. The molecule has 0 aliphatic carbocycles. The van der Waals surface area contributed by atoms with E-state index in [0.717, 1.165) is 17.1 Å². The van der Waals surface area contributed by atoms with Crippen LogP contribution in [0.4, 0.5) is 5.69 Å². The first-order valence-corrected chi connectivity index (χ1v) is 8.61. The predicted octanol–water partition coefficient (Wildman–Crippen LogP) is 2.36. The summed E-state index contributed by atoms with van der Waals surface area (Å²) in [5, 5.41) is 4.83. The second-order valence-corrected chi connectivity index (χ2v) is 7.00. The maximum Gasteiger partial charge on any atom is 0.262 e. The first-order valence-electron chi connectivity index (χ1n) is 6.25. The molecule has 2 heterocycles. The van der Waals surface area contributed by atoms with Crippen molar-refractivity contribution in [1.82, 2.24) is 10.3 Å². The number of anilines is 1. The summed E-state index contributed by atoms with van der Waals surface area (Å²) in [6.07, 6.45) is 1.58. The van der Waals surface area contributed by atoms with Gasteiger partial charge < -0.3 is 5.32 Å². The Morgan fingerprint density at radius 2 is 2.15 bits per heavy atom. The topological polar surface area (TPSA) is 71.1 Å². The van der Waals surface area contributed by atoms with Gasteiger partial charge in [-0.15, -0.1) is 11.3 Å². The Hall–Kier alpha value is -1.44. The zero-order valence-corrected chi connectivity index (χ0v) is 13.0. The highest BCUT2D eigenvalue weighted by molar-refractivity contribution is 7.92. The second-order valence-electron chi connectivity index (χ2n) is 4.32. The standard InChI is InChI=1S/C13H17N3O2S2/c1-3-14-8-12-7-13(9-19-12)20(17,18)16-11-4-5-15-10(2)6-11/h4-7,9,14H,3,8H2,1-2H3,(H,15,16). The molecule has 7 heteroatoms. The van der Waals surface area contributed by atoms with Gasteiger partial charge in [0.15, 0.2) is 0 Å². The van der Waals surface area contributed by atoms with Crippen LogP contribution >= 0.6 is 11.3 Å². The fourth-order valence-electron chi connectivity index (χ4n) is 1.67. The molecule has 0 saturated carbocycles. The average molecular weight is 311 g/mol. The Labute approximate surface area is 123 Å². The van der Waals surface area contributed by atoms with Crippen LogP contribution in [0.3, 0.4) is 0 Å². The molecular weight excluding hydrogens is 294 g/mol. The van der Waals surface area contributed by atoms with Gasteiger partial charge in [0.2, 0.25) is 0 Å². The highest BCUT2D eigenvalue weighted by Gasteiger charge is 2.16. The predicted molar refractivity (Wildman–Crippen MR) is 81.5 cm³/mol. The summed E-state index contributed by atoms with van der Waals surface area (Å²) < 4.78 is 27.1. The molecule has 0 amide bonds. The van der Waals surface area contributed by atoms with Crippen LogP contribution < -0.4 is 10.0 Å². The van der Waals surface area contributed by atoms with Crippen LogP contribution in [-0.2, 0) is 16.6 Å². The third-order valence-electron chi connectivity index (χ3n) is 2.64. The van der Waals surface area contributed by atoms with Crippen LogP contribution in [0.25, 0.3) is 0 Å². The number of rotatable bonds is 6. The number of aryl methyl sites for hydroxylation is 1. The largest absolute Gasteiger partial charge is 0.312 e. The van der Waals surface area contributed by atoms with Crippen molar-refractivity contribution in [2.45, 2.75) is 25.3 Å². The van der Waals surface area contributed by atoms with Crippen LogP contribution in [0.1, 0.15) is 17.5 Å². The fourth-order valence-corrected chi connectivity index (χ4v) is 3.96. The Morgan fingerprint density at radius 1 is 1.35 bits per heavy atom. The summed E-state index contributed by atoms with van der Waals surface area (Å²) in [4.78, 5) is 5.33. The van der Waals surface area contributed by atoms with Gasteiger partial charge in [0.1, 0.15) is 0 Å². The molecule has 0 unspecified atom stereocenters. The number of nitrogens with zero attached hydrogens (tertiary/aromatic N) is 1. The lowest BCUT2D eigenvalue weighted by molar-refractivity contribution is 0.601. The van der Waals surface area contributed by atoms with E-state index in [2.05, 4.69) is 15.0 Å². The minimum absolute atomic E-state index is 0.296. The molecule has 5 nitrogen and oxygen atoms in total. The van der Waals surface area contributed by atoms with E-state index in [1.54, 1.807) is 29.8 Å². The Bertz CT molecular complexity index is 680. The van der Waals surface area contributed by atoms with Gasteiger partial charge in [-0.25, -0.2) is 8.42 Å². The van der Waals surface area contributed by atoms with Crippen molar-refractivity contribution < 1.29 is 8.42 Å². The van der Waals surface area contributed by atoms with Crippen LogP contribution in [0.2, 0.25) is 0 Å². The van der Waals surface area contributed by atoms with E-state index in [9.17, 15) is 8.42 Å². The quantitative estimate of drug-likeness (QED) is 0.859. The summed E-state index contributed by atoms with van der Waals surface area (Å²) >= 11 is 1.44. The van der Waals surface area contributed by atoms with Crippen molar-refractivity contribution in [3.05, 3.63) is 40.3 Å². The van der Waals surface area contributed by atoms with Gasteiger partial charge in [-0.1, -0.05) is 6.92 Å². The van der Waals surface area contributed by atoms with Gasteiger partial charge in [0.25, 0.3) is 10.0 Å². The lowest BCUT2D eigenvalue weighted by atomic mass is 10.3. The molecule has 0 spiro atoms. The number of hydrogen-bond donors (Lipinski definition) is 2. The third-order valence-corrected chi connectivity index (χ3v) is 5.08. The molecule has 0 radical (unpaired) electrons. The van der Waals surface area contributed by atoms with Crippen LogP contribution in [-0.4, -0.2) is 19.9 Å². The van der Waals surface area contributed by atoms with Gasteiger partial charge in [-0.05, 0) is 31.7 Å². The Kier molecular flexibility index (Phi) is 4.74. The molecule has 2 aromatic heterocycles. The van der Waals surface area contributed by atoms with Gasteiger partial charge in [0.05, 0.1) is 10.6 Å². The molecule has 0 atom stereocenters. The zero-order valence-electron chi connectivity index (χ0n) is 11.4. The lowest BCUT2D eigenvalue weighted by Crippen LogP contribution is -2.13. The highest BCUT2D eigenvalue weighted by atomic mass is 32.2. The molecule has 0 fully saturated rings. The van der Waals surface area contributed by atoms with E-state index in [1.165, 1.54) is 11.3 Å². The van der Waals surface area contributed by atoms with Crippen molar-refractivity contribution in [1.29, 1.82) is 0 Å². The van der Waals surface area contributed by atoms with Crippen molar-refractivity contribution in [2.24, 2.45) is 0 Å². The van der Waals surface area contributed by atoms with E-state index in [0.29, 0.717) is 17.1 Å². The van der Waals surface area contributed by atoms with Crippen molar-refractivity contribution in [3.63, 3.8) is 0 Å². The smallest absolute Gasteiger partial charge is 0.262 e. The highest BCUT2D eigenvalue weighted by Crippen LogP contribution is 2.22. The number of hydrogen-bond acceptors (Lipinski definition) is 5. The molecule has 0 aliphatic heterocycles. The van der Waals surface area contributed by atoms with Gasteiger partial charge >= 0.3 is 0 Å². The van der Waals surface area contributed by atoms with E-state index < -0.39 is 10.0 Å². The number of pyridine rings is 1. The van der Waals surface area contributed by atoms with E-state index in [-0.39, 0.29) is 0 Å². The summed E-state index contributed by atoms with van der Waals surface area (Å²) in [6.45, 7) is 5.37. The Balaban J connectivity index is 2.16. The van der Waals surface area contributed by atoms with Crippen LogP contribution in [0, 0.1) is 6.92 Å². The van der Waals surface area contributed by atoms with Crippen molar-refractivity contribution >= 4 is 27.0 Å². The summed E-state index contributed by atoms with van der Waals surface area (Å²) in [5.74, 6) is 0. The Morgan fingerprint density at radius 3 is 2.85 bits per heavy atom. The summed E-state index contributed by atoms with van der Waals surface area (Å²) in [5.41, 5.74) is 1.29. The second kappa shape index (κ2) is 6.34. The van der Waals surface area contributed by atoms with Crippen LogP contribution in [0.5, 0.6) is 0 Å². The van der Waals surface area contributed by atoms with Gasteiger partial charge in [0, 0.05) is 28.7 Å². The minimum atomic E-state index is -3.53. The van der Waals surface area contributed by atoms with Gasteiger partial charge in [-0.2, -0.15) is 0 Å². The maximum atomic E-state index is 12.3. The molecule has 0 aromatic carbocycles. The fraction of sp³-hybridized carbons (Fsp3) is 0.308. The third kappa shape index (κ3) is 3.78. The lowest BCUT2D eigenvalue weighted by Gasteiger charge is -2.06. The van der Waals surface area contributed by atoms with Crippen molar-refractivity contribution in [2.75, 3.05) is 11.3 Å². The normalized spacial score (nSPS) is 11.5. The minimum Gasteiger partial charge on any atom is -0.312 e. The molecule has 0 bridgehead atoms. The van der Waals surface area contributed by atoms with E-state index in [4.69, 9.17) is 0 Å². The average Bonchev–Trinajstić information content (AvgIpc) is 2.85. The zero-order chi connectivity index (χ0) is 14.6. The molecule has 2 N–H and O–H groups in total. The molecule has 0 aliphatic rings. The molecule has 0 saturated heterocycles. The molecule has 2 aromatic rings. The first kappa shape index (κ1) is 15.0. The molecular formula is C13H17N3O2S2. The summed E-state index contributed by atoms with van der Waals surface area (Å²) in [6, 6.07) is 5.03. The molecule has 2 rings (SSSR count). The number of thiophene rings is 1. The van der Waals surface area contributed by atoms with E-state index >= 15 is 0 Å². The number of sulfonamides is 1. The monoisotopic (exact) mass is 311 g/mol. The first-order chi connectivity index (χ1) is 9.51. The van der Waals surface area contributed by atoms with E-state index in [1.807, 2.05) is 13.8 Å². The van der Waals surface area contributed by atoms with Crippen LogP contribution in [0.15, 0.2) is 34.7 Å². The summed E-state index contributed by atoms with van der Waals surface area (Å²) in [7, 11) is -3.53. The molecule has 108 valence electrons. The van der Waals surface area contributed by atoms with Gasteiger partial charge in [-0.3, -0.25) is 9.71 Å². The number of aromatic nitrogens is 1. The molecule has 20 heavy (non-hydrogen) atoms. The van der Waals surface area contributed by atoms with Crippen molar-refractivity contribution in [3.8, 4) is 0 Å².